The molecular formula is C35H59N3O3. The fourth-order valence-corrected chi connectivity index (χ4v) is 10.7. The molecule has 4 aliphatic rings. The van der Waals surface area contributed by atoms with Gasteiger partial charge in [-0.1, -0.05) is 60.8 Å². The van der Waals surface area contributed by atoms with E-state index in [1.165, 1.54) is 44.9 Å². The molecular weight excluding hydrogens is 510 g/mol. The number of aromatic nitrogens is 2. The Hall–Kier alpha value is -1.40. The highest BCUT2D eigenvalue weighted by Crippen LogP contribution is 2.69. The molecule has 5 rings (SSSR count). The summed E-state index contributed by atoms with van der Waals surface area (Å²) in [6.45, 7) is 14.9. The van der Waals surface area contributed by atoms with Crippen molar-refractivity contribution in [3.63, 3.8) is 0 Å². The molecule has 6 nitrogen and oxygen atoms in total. The van der Waals surface area contributed by atoms with Crippen LogP contribution in [0.1, 0.15) is 124 Å². The number of fused-ring (bicyclic) bond motifs is 5. The van der Waals surface area contributed by atoms with E-state index in [1.54, 1.807) is 6.33 Å². The molecule has 0 spiro atoms. The summed E-state index contributed by atoms with van der Waals surface area (Å²) in [6, 6.07) is 0.000635. The number of hydrogen-bond donors (Lipinski definition) is 3. The van der Waals surface area contributed by atoms with Crippen molar-refractivity contribution < 1.29 is 14.6 Å². The molecule has 1 heterocycles. The minimum absolute atomic E-state index is 0.000635. The Morgan fingerprint density at radius 2 is 1.95 bits per heavy atom. The number of hydrogen-bond acceptors (Lipinski definition) is 5. The number of nitrogens with zero attached hydrogens (tertiary/aromatic N) is 1. The van der Waals surface area contributed by atoms with Gasteiger partial charge in [0.25, 0.3) is 0 Å². The monoisotopic (exact) mass is 569 g/mol. The standard InChI is InChI=1S/C35H59N3O3/c1-7-32(39)41-26-13-17-34(6)30-14-16-33(5)28(24(4)10-8-9-23(2)3)11-12-29(33)27(30)19-31(35(34,40)20-26)37-18-15-25-21-36-22-38-25/h21-24,26-31,37,40H,7-20H2,1-6H3,(H,36,38)/t24?,26-,27-,28+,29-,30-,31+,33+,34+,35-/m0/s1. The quantitative estimate of drug-likeness (QED) is 0.248. The third kappa shape index (κ3) is 5.78. The number of carbonyl (C=O) groups excluding carboxylic acids is 1. The van der Waals surface area contributed by atoms with Gasteiger partial charge in [0.1, 0.15) is 6.10 Å². The van der Waals surface area contributed by atoms with E-state index in [0.717, 1.165) is 61.6 Å². The topological polar surface area (TPSA) is 87.2 Å². The molecule has 1 unspecified atom stereocenters. The molecule has 0 amide bonds. The van der Waals surface area contributed by atoms with Gasteiger partial charge < -0.3 is 20.1 Å². The smallest absolute Gasteiger partial charge is 0.305 e. The van der Waals surface area contributed by atoms with Crippen molar-refractivity contribution in [3.05, 3.63) is 18.2 Å². The van der Waals surface area contributed by atoms with Crippen LogP contribution in [0, 0.1) is 46.3 Å². The molecule has 4 fully saturated rings. The molecule has 4 saturated carbocycles. The number of aromatic amines is 1. The lowest BCUT2D eigenvalue weighted by atomic mass is 9.42. The van der Waals surface area contributed by atoms with Crippen molar-refractivity contribution >= 4 is 5.97 Å². The number of ether oxygens (including phenoxy) is 1. The van der Waals surface area contributed by atoms with E-state index in [-0.39, 0.29) is 23.5 Å². The molecule has 0 bridgehead atoms. The first-order valence-electron chi connectivity index (χ1n) is 17.1. The van der Waals surface area contributed by atoms with Gasteiger partial charge in [0, 0.05) is 43.5 Å². The zero-order chi connectivity index (χ0) is 29.4. The highest BCUT2D eigenvalue weighted by Gasteiger charge is 2.67. The number of imidazole rings is 1. The summed E-state index contributed by atoms with van der Waals surface area (Å²) in [4.78, 5) is 19.7. The van der Waals surface area contributed by atoms with E-state index in [1.807, 2.05) is 13.1 Å². The molecule has 1 aromatic rings. The molecule has 0 saturated heterocycles. The minimum Gasteiger partial charge on any atom is -0.462 e. The van der Waals surface area contributed by atoms with E-state index in [4.69, 9.17) is 4.74 Å². The molecule has 10 atom stereocenters. The first-order chi connectivity index (χ1) is 19.5. The maximum absolute atomic E-state index is 12.8. The van der Waals surface area contributed by atoms with Crippen LogP contribution in [0.3, 0.4) is 0 Å². The van der Waals surface area contributed by atoms with Crippen LogP contribution in [0.4, 0.5) is 0 Å². The average molecular weight is 570 g/mol. The minimum atomic E-state index is -0.882. The number of rotatable bonds is 11. The van der Waals surface area contributed by atoms with Gasteiger partial charge in [0.2, 0.25) is 0 Å². The number of carbonyl (C=O) groups is 1. The van der Waals surface area contributed by atoms with E-state index in [2.05, 4.69) is 49.9 Å². The highest BCUT2D eigenvalue weighted by molar-refractivity contribution is 5.69. The summed E-state index contributed by atoms with van der Waals surface area (Å²) in [6.07, 6.45) is 17.4. The van der Waals surface area contributed by atoms with Crippen molar-refractivity contribution in [1.29, 1.82) is 0 Å². The van der Waals surface area contributed by atoms with E-state index < -0.39 is 5.60 Å². The predicted molar refractivity (Wildman–Crippen MR) is 164 cm³/mol. The summed E-state index contributed by atoms with van der Waals surface area (Å²) in [5.74, 6) is 4.19. The third-order valence-electron chi connectivity index (χ3n) is 13.0. The summed E-state index contributed by atoms with van der Waals surface area (Å²) in [7, 11) is 0. The van der Waals surface area contributed by atoms with Gasteiger partial charge in [-0.2, -0.15) is 0 Å². The first-order valence-corrected chi connectivity index (χ1v) is 17.1. The molecule has 0 radical (unpaired) electrons. The Morgan fingerprint density at radius 3 is 2.66 bits per heavy atom. The van der Waals surface area contributed by atoms with E-state index in [0.29, 0.717) is 30.1 Å². The van der Waals surface area contributed by atoms with Crippen molar-refractivity contribution in [1.82, 2.24) is 15.3 Å². The van der Waals surface area contributed by atoms with Crippen LogP contribution >= 0.6 is 0 Å². The van der Waals surface area contributed by atoms with Crippen molar-refractivity contribution in [2.24, 2.45) is 46.3 Å². The van der Waals surface area contributed by atoms with Crippen LogP contribution in [0.25, 0.3) is 0 Å². The van der Waals surface area contributed by atoms with Crippen molar-refractivity contribution in [2.45, 2.75) is 143 Å². The maximum atomic E-state index is 12.8. The molecule has 4 aliphatic carbocycles. The fourth-order valence-electron chi connectivity index (χ4n) is 10.7. The Kier molecular flexibility index (Phi) is 9.31. The molecule has 3 N–H and O–H groups in total. The van der Waals surface area contributed by atoms with Crippen LogP contribution in [0.15, 0.2) is 12.5 Å². The third-order valence-corrected chi connectivity index (χ3v) is 13.0. The Bertz CT molecular complexity index is 1010. The van der Waals surface area contributed by atoms with Gasteiger partial charge in [-0.3, -0.25) is 4.79 Å². The lowest BCUT2D eigenvalue weighted by Gasteiger charge is -2.66. The van der Waals surface area contributed by atoms with Crippen LogP contribution in [-0.4, -0.2) is 45.3 Å². The summed E-state index contributed by atoms with van der Waals surface area (Å²) >= 11 is 0. The Balaban J connectivity index is 1.37. The molecule has 41 heavy (non-hydrogen) atoms. The van der Waals surface area contributed by atoms with Crippen LogP contribution in [-0.2, 0) is 16.0 Å². The molecule has 0 aliphatic heterocycles. The summed E-state index contributed by atoms with van der Waals surface area (Å²) < 4.78 is 5.88. The normalized spacial score (nSPS) is 41.0. The zero-order valence-corrected chi connectivity index (χ0v) is 26.9. The highest BCUT2D eigenvalue weighted by atomic mass is 16.5. The zero-order valence-electron chi connectivity index (χ0n) is 26.9. The van der Waals surface area contributed by atoms with Gasteiger partial charge >= 0.3 is 5.97 Å². The van der Waals surface area contributed by atoms with Crippen LogP contribution < -0.4 is 5.32 Å². The number of H-pyrrole nitrogens is 1. The second kappa shape index (κ2) is 12.3. The average Bonchev–Trinajstić information content (AvgIpc) is 3.57. The predicted octanol–water partition coefficient (Wildman–Crippen LogP) is 7.08. The van der Waals surface area contributed by atoms with Crippen LogP contribution in [0.2, 0.25) is 0 Å². The maximum Gasteiger partial charge on any atom is 0.305 e. The van der Waals surface area contributed by atoms with Gasteiger partial charge in [-0.05, 0) is 85.9 Å². The number of aliphatic hydroxyl groups is 1. The Morgan fingerprint density at radius 1 is 1.15 bits per heavy atom. The second-order valence-corrected chi connectivity index (χ2v) is 15.5. The molecule has 1 aromatic heterocycles. The molecule has 232 valence electrons. The SMILES string of the molecule is CCC(=O)O[C@H]1CC[C@]2(C)[C@H]3CC[C@]4(C)[C@@H](C(C)CCCC(C)C)CC[C@H]4[C@@H]3C[C@@H](NCCc3c[nH]cn3)[C@@]2(O)C1. The summed E-state index contributed by atoms with van der Waals surface area (Å²) in [5, 5.41) is 16.6. The van der Waals surface area contributed by atoms with Crippen molar-refractivity contribution in [2.75, 3.05) is 6.54 Å². The first kappa shape index (κ1) is 31.0. The fraction of sp³-hybridized carbons (Fsp3) is 0.886. The van der Waals surface area contributed by atoms with Gasteiger partial charge in [-0.15, -0.1) is 0 Å². The lowest BCUT2D eigenvalue weighted by Crippen LogP contribution is -2.71. The largest absolute Gasteiger partial charge is 0.462 e. The van der Waals surface area contributed by atoms with Gasteiger partial charge in [-0.25, -0.2) is 4.98 Å². The molecule has 0 aromatic carbocycles. The van der Waals surface area contributed by atoms with Gasteiger partial charge in [0.15, 0.2) is 0 Å². The summed E-state index contributed by atoms with van der Waals surface area (Å²) in [5.41, 5.74) is 0.413. The van der Waals surface area contributed by atoms with E-state index in [9.17, 15) is 9.90 Å². The number of esters is 1. The lowest BCUT2D eigenvalue weighted by molar-refractivity contribution is -0.237. The van der Waals surface area contributed by atoms with Crippen molar-refractivity contribution in [3.8, 4) is 0 Å². The van der Waals surface area contributed by atoms with E-state index >= 15 is 0 Å². The van der Waals surface area contributed by atoms with Gasteiger partial charge in [0.05, 0.1) is 17.6 Å². The Labute approximate surface area is 249 Å². The molecule has 6 heteroatoms. The van der Waals surface area contributed by atoms with Crippen LogP contribution in [0.5, 0.6) is 0 Å². The number of nitrogens with one attached hydrogen (secondary N) is 2. The second-order valence-electron chi connectivity index (χ2n) is 15.5.